The second-order valence-electron chi connectivity index (χ2n) is 14.7. The first-order valence-electron chi connectivity index (χ1n) is 20.0. The van der Waals surface area contributed by atoms with Crippen LogP contribution >= 0.6 is 35.1 Å². The van der Waals surface area contributed by atoms with E-state index in [4.69, 9.17) is 11.6 Å². The highest BCUT2D eigenvalue weighted by molar-refractivity contribution is 7.99. The minimum absolute atomic E-state index is 0.0802. The Labute approximate surface area is 374 Å². The molecule has 2 N–H and O–H groups in total. The van der Waals surface area contributed by atoms with Crippen LogP contribution in [0, 0.1) is 10.1 Å². The number of pyridine rings is 1. The summed E-state index contributed by atoms with van der Waals surface area (Å²) in [4.78, 5) is 31.3. The molecule has 0 bridgehead atoms. The number of aromatic nitrogens is 3. The molecule has 1 atom stereocenters. The van der Waals surface area contributed by atoms with Gasteiger partial charge in [0, 0.05) is 88.9 Å². The van der Waals surface area contributed by atoms with E-state index in [1.54, 1.807) is 35.9 Å². The summed E-state index contributed by atoms with van der Waals surface area (Å²) < 4.78 is 30.3. The number of nitrogens with zero attached hydrogens (tertiary/aromatic N) is 6. The van der Waals surface area contributed by atoms with Crippen LogP contribution in [0.2, 0.25) is 5.02 Å². The van der Waals surface area contributed by atoms with E-state index in [2.05, 4.69) is 59.1 Å². The number of fused-ring (bicyclic) bond motifs is 1. The maximum absolute atomic E-state index is 13.8. The van der Waals surface area contributed by atoms with Gasteiger partial charge in [-0.2, -0.15) is 0 Å². The molecule has 1 aliphatic rings. The van der Waals surface area contributed by atoms with Crippen LogP contribution in [-0.2, 0) is 16.6 Å². The number of hydrogen-bond donors (Lipinski definition) is 2. The lowest BCUT2D eigenvalue weighted by Crippen LogP contribution is -2.46. The number of benzene rings is 5. The second kappa shape index (κ2) is 20.0. The van der Waals surface area contributed by atoms with Crippen molar-refractivity contribution in [1.82, 2.24) is 19.9 Å². The van der Waals surface area contributed by atoms with Gasteiger partial charge in [0.25, 0.3) is 15.7 Å². The fraction of sp³-hybridized carbons (Fsp3) is 0.196. The lowest BCUT2D eigenvalue weighted by atomic mass is 9.99. The average molecular weight is 904 g/mol. The predicted molar refractivity (Wildman–Crippen MR) is 252 cm³/mol. The third kappa shape index (κ3) is 10.8. The third-order valence-electron chi connectivity index (χ3n) is 10.5. The maximum Gasteiger partial charge on any atom is 0.293 e. The predicted octanol–water partition coefficient (Wildman–Crippen LogP) is 10.1. The summed E-state index contributed by atoms with van der Waals surface area (Å²) >= 11 is 9.76. The van der Waals surface area contributed by atoms with Crippen LogP contribution in [0.1, 0.15) is 12.0 Å². The zero-order chi connectivity index (χ0) is 42.9. The number of anilines is 3. The quantitative estimate of drug-likeness (QED) is 0.0509. The molecule has 1 unspecified atom stereocenters. The number of nitro benzene ring substituents is 1. The maximum atomic E-state index is 13.8. The summed E-state index contributed by atoms with van der Waals surface area (Å²) in [6.45, 7) is 4.03. The highest BCUT2D eigenvalue weighted by Crippen LogP contribution is 2.33. The van der Waals surface area contributed by atoms with Gasteiger partial charge in [-0.25, -0.2) is 18.4 Å². The van der Waals surface area contributed by atoms with Crippen molar-refractivity contribution in [2.75, 3.05) is 52.6 Å². The normalized spacial score (nSPS) is 13.8. The number of thioether (sulfide) groups is 2. The Kier molecular flexibility index (Phi) is 13.9. The van der Waals surface area contributed by atoms with Gasteiger partial charge < -0.3 is 10.2 Å². The van der Waals surface area contributed by atoms with Gasteiger partial charge >= 0.3 is 0 Å². The van der Waals surface area contributed by atoms with Crippen LogP contribution in [0.15, 0.2) is 161 Å². The topological polar surface area (TPSA) is 146 Å². The lowest BCUT2D eigenvalue weighted by Gasteiger charge is -2.36. The molecule has 0 amide bonds. The molecule has 7 aromatic rings. The van der Waals surface area contributed by atoms with Crippen LogP contribution in [0.5, 0.6) is 0 Å². The van der Waals surface area contributed by atoms with Gasteiger partial charge in [0.1, 0.15) is 12.0 Å². The number of hydrogen-bond acceptors (Lipinski definition) is 12. The molecule has 1 saturated heterocycles. The Morgan fingerprint density at radius 2 is 1.55 bits per heavy atom. The standard InChI is InChI=1S/C46H43ClN8O4S3/c47-35-11-14-41(33-7-3-1-4-8-33)34(27-35)30-53-22-24-54(25-23-53)37-12-15-42-44(28-37)49-32-50-46(42)52-62(58,59)40-13-16-43(45(29-40)55(56)57)51-36(31-61-38-9-5-2-6-10-38)19-26-60-39-17-20-48-21-18-39/h1-18,20-21,27-29,32,36,51H,19,22-26,30-31H2,(H,49,50,52). The van der Waals surface area contributed by atoms with Gasteiger partial charge in [-0.05, 0) is 95.6 Å². The number of halogens is 1. The molecular weight excluding hydrogens is 860 g/mol. The molecule has 8 rings (SSSR count). The number of piperazine rings is 1. The Balaban J connectivity index is 0.939. The molecule has 12 nitrogen and oxygen atoms in total. The molecule has 0 saturated carbocycles. The number of nitrogens with one attached hydrogen (secondary N) is 2. The van der Waals surface area contributed by atoms with E-state index in [9.17, 15) is 18.5 Å². The first-order chi connectivity index (χ1) is 30.2. The number of sulfonamides is 1. The van der Waals surface area contributed by atoms with Gasteiger partial charge in [0.2, 0.25) is 0 Å². The van der Waals surface area contributed by atoms with Crippen molar-refractivity contribution in [3.05, 3.63) is 167 Å². The summed E-state index contributed by atoms with van der Waals surface area (Å²) in [5.74, 6) is 1.47. The molecule has 1 fully saturated rings. The lowest BCUT2D eigenvalue weighted by molar-refractivity contribution is -0.384. The van der Waals surface area contributed by atoms with Crippen LogP contribution in [0.4, 0.5) is 22.9 Å². The van der Waals surface area contributed by atoms with Gasteiger partial charge in [-0.15, -0.1) is 23.5 Å². The van der Waals surface area contributed by atoms with Crippen molar-refractivity contribution in [3.63, 3.8) is 0 Å². The van der Waals surface area contributed by atoms with Crippen molar-refractivity contribution in [1.29, 1.82) is 0 Å². The van der Waals surface area contributed by atoms with Crippen molar-refractivity contribution in [3.8, 4) is 11.1 Å². The van der Waals surface area contributed by atoms with E-state index in [1.807, 2.05) is 84.9 Å². The Hall–Kier alpha value is -5.71. The van der Waals surface area contributed by atoms with E-state index in [0.29, 0.717) is 28.1 Å². The van der Waals surface area contributed by atoms with Gasteiger partial charge in [-0.3, -0.25) is 24.7 Å². The van der Waals surface area contributed by atoms with E-state index in [1.165, 1.54) is 29.6 Å². The van der Waals surface area contributed by atoms with Crippen LogP contribution in [0.3, 0.4) is 0 Å². The van der Waals surface area contributed by atoms with E-state index in [-0.39, 0.29) is 28.1 Å². The molecule has 0 radical (unpaired) electrons. The monoisotopic (exact) mass is 902 g/mol. The average Bonchev–Trinajstić information content (AvgIpc) is 3.29. The van der Waals surface area contributed by atoms with E-state index < -0.39 is 14.9 Å². The molecule has 16 heteroatoms. The number of nitro groups is 1. The van der Waals surface area contributed by atoms with Crippen LogP contribution in [-0.4, -0.2) is 76.9 Å². The SMILES string of the molecule is O=[N+]([O-])c1cc(S(=O)(=O)Nc2ncnc3cc(N4CCN(Cc5cc(Cl)ccc5-c5ccccc5)CC4)ccc23)ccc1NC(CCSc1ccncc1)CSc1ccccc1. The van der Waals surface area contributed by atoms with E-state index in [0.717, 1.165) is 65.6 Å². The number of rotatable bonds is 17. The fourth-order valence-corrected chi connectivity index (χ4v) is 10.5. The molecule has 0 aliphatic carbocycles. The minimum Gasteiger partial charge on any atom is -0.376 e. The Bertz CT molecular complexity index is 2750. The van der Waals surface area contributed by atoms with Gasteiger partial charge in [0.15, 0.2) is 5.82 Å². The minimum atomic E-state index is -4.29. The van der Waals surface area contributed by atoms with Crippen LogP contribution in [0.25, 0.3) is 22.0 Å². The van der Waals surface area contributed by atoms with Gasteiger partial charge in [-0.1, -0.05) is 66.2 Å². The smallest absolute Gasteiger partial charge is 0.293 e. The summed E-state index contributed by atoms with van der Waals surface area (Å²) in [7, 11) is -4.29. The Morgan fingerprint density at radius 3 is 2.31 bits per heavy atom. The molecule has 5 aromatic carbocycles. The fourth-order valence-electron chi connectivity index (χ4n) is 7.34. The van der Waals surface area contributed by atoms with Crippen molar-refractivity contribution in [2.45, 2.75) is 33.7 Å². The van der Waals surface area contributed by atoms with E-state index >= 15 is 0 Å². The summed E-state index contributed by atoms with van der Waals surface area (Å²) in [5.41, 5.74) is 4.94. The van der Waals surface area contributed by atoms with Crippen molar-refractivity contribution >= 4 is 78.9 Å². The molecular formula is C46H43ClN8O4S3. The first-order valence-corrected chi connectivity index (χ1v) is 23.9. The molecule has 3 heterocycles. The third-order valence-corrected chi connectivity index (χ3v) is 14.3. The Morgan fingerprint density at radius 1 is 0.806 bits per heavy atom. The summed E-state index contributed by atoms with van der Waals surface area (Å²) in [5, 5.41) is 17.0. The second-order valence-corrected chi connectivity index (χ2v) is 19.1. The molecule has 62 heavy (non-hydrogen) atoms. The highest BCUT2D eigenvalue weighted by atomic mass is 35.5. The largest absolute Gasteiger partial charge is 0.376 e. The highest BCUT2D eigenvalue weighted by Gasteiger charge is 2.25. The zero-order valence-corrected chi connectivity index (χ0v) is 36.7. The first kappa shape index (κ1) is 43.0. The van der Waals surface area contributed by atoms with Crippen molar-refractivity contribution in [2.24, 2.45) is 0 Å². The summed E-state index contributed by atoms with van der Waals surface area (Å²) in [6.07, 6.45) is 5.50. The molecule has 1 aliphatic heterocycles. The molecule has 316 valence electrons. The van der Waals surface area contributed by atoms with Gasteiger partial charge in [0.05, 0.1) is 15.3 Å². The molecule has 0 spiro atoms. The van der Waals surface area contributed by atoms with Crippen LogP contribution < -0.4 is 14.9 Å². The molecule has 2 aromatic heterocycles. The summed E-state index contributed by atoms with van der Waals surface area (Å²) in [6, 6.07) is 39.7. The van der Waals surface area contributed by atoms with Crippen molar-refractivity contribution < 1.29 is 13.3 Å². The zero-order valence-electron chi connectivity index (χ0n) is 33.5.